The van der Waals surface area contributed by atoms with Crippen LogP contribution in [0.15, 0.2) is 28.8 Å². The van der Waals surface area contributed by atoms with Crippen molar-refractivity contribution in [1.29, 1.82) is 0 Å². The average molecular weight is 363 g/mol. The molecule has 1 amide bonds. The Morgan fingerprint density at radius 1 is 1.19 bits per heavy atom. The first-order valence-electron chi connectivity index (χ1n) is 9.40. The first-order chi connectivity index (χ1) is 13.1. The van der Waals surface area contributed by atoms with Gasteiger partial charge in [-0.1, -0.05) is 5.16 Å². The standard InChI is InChI=1S/C21H21N3O3/c1-11-9-14(26-2)7-8-16(11)22-20(25)15-10-17(12-3-4-12)23-21-18(15)19(24-27-21)13-5-6-13/h7-10,12-13H,3-6H2,1-2H3,(H,22,25). The Labute approximate surface area is 156 Å². The molecule has 1 N–H and O–H groups in total. The molecule has 2 saturated carbocycles. The van der Waals surface area contributed by atoms with Crippen LogP contribution in [0.4, 0.5) is 5.69 Å². The Kier molecular flexibility index (Phi) is 3.67. The highest BCUT2D eigenvalue weighted by atomic mass is 16.5. The summed E-state index contributed by atoms with van der Waals surface area (Å²) in [7, 11) is 1.63. The topological polar surface area (TPSA) is 77.2 Å². The maximum Gasteiger partial charge on any atom is 0.259 e. The minimum absolute atomic E-state index is 0.150. The van der Waals surface area contributed by atoms with Crippen molar-refractivity contribution in [2.24, 2.45) is 0 Å². The van der Waals surface area contributed by atoms with Gasteiger partial charge in [0.15, 0.2) is 0 Å². The molecule has 6 nitrogen and oxygen atoms in total. The number of hydrogen-bond acceptors (Lipinski definition) is 5. The smallest absolute Gasteiger partial charge is 0.259 e. The summed E-state index contributed by atoms with van der Waals surface area (Å²) in [5.41, 5.74) is 4.61. The quantitative estimate of drug-likeness (QED) is 0.720. The second-order valence-corrected chi connectivity index (χ2v) is 7.53. The Bertz CT molecular complexity index is 1050. The molecule has 2 aliphatic carbocycles. The third-order valence-corrected chi connectivity index (χ3v) is 5.38. The van der Waals surface area contributed by atoms with Gasteiger partial charge in [-0.3, -0.25) is 4.79 Å². The summed E-state index contributed by atoms with van der Waals surface area (Å²) in [6.07, 6.45) is 4.40. The lowest BCUT2D eigenvalue weighted by molar-refractivity contribution is 0.102. The van der Waals surface area contributed by atoms with Gasteiger partial charge < -0.3 is 14.6 Å². The van der Waals surface area contributed by atoms with Crippen LogP contribution in [0.2, 0.25) is 0 Å². The van der Waals surface area contributed by atoms with E-state index in [2.05, 4.69) is 15.5 Å². The first kappa shape index (κ1) is 16.3. The van der Waals surface area contributed by atoms with E-state index >= 15 is 0 Å². The molecule has 2 heterocycles. The molecule has 138 valence electrons. The average Bonchev–Trinajstić information content (AvgIpc) is 3.60. The van der Waals surface area contributed by atoms with Crippen LogP contribution >= 0.6 is 0 Å². The minimum Gasteiger partial charge on any atom is -0.497 e. The predicted molar refractivity (Wildman–Crippen MR) is 101 cm³/mol. The van der Waals surface area contributed by atoms with Gasteiger partial charge in [-0.2, -0.15) is 0 Å². The normalized spacial score (nSPS) is 16.5. The van der Waals surface area contributed by atoms with Crippen LogP contribution < -0.4 is 10.1 Å². The molecule has 1 aromatic carbocycles. The number of amides is 1. The molecule has 2 fully saturated rings. The van der Waals surface area contributed by atoms with E-state index in [1.165, 1.54) is 0 Å². The predicted octanol–water partition coefficient (Wildman–Crippen LogP) is 4.55. The molecule has 2 aliphatic rings. The van der Waals surface area contributed by atoms with E-state index in [9.17, 15) is 4.79 Å². The van der Waals surface area contributed by atoms with E-state index in [0.29, 0.717) is 23.1 Å². The van der Waals surface area contributed by atoms with Gasteiger partial charge in [0.2, 0.25) is 0 Å². The first-order valence-corrected chi connectivity index (χ1v) is 9.40. The van der Waals surface area contributed by atoms with Gasteiger partial charge in [0.1, 0.15) is 5.75 Å². The van der Waals surface area contributed by atoms with Gasteiger partial charge in [0, 0.05) is 23.2 Å². The summed E-state index contributed by atoms with van der Waals surface area (Å²) in [5.74, 6) is 1.43. The van der Waals surface area contributed by atoms with Gasteiger partial charge in [-0.25, -0.2) is 4.98 Å². The maximum atomic E-state index is 13.2. The van der Waals surface area contributed by atoms with E-state index in [4.69, 9.17) is 9.26 Å². The number of rotatable bonds is 5. The fourth-order valence-corrected chi connectivity index (χ4v) is 3.49. The molecular formula is C21H21N3O3. The molecule has 27 heavy (non-hydrogen) atoms. The highest BCUT2D eigenvalue weighted by Gasteiger charge is 2.34. The fourth-order valence-electron chi connectivity index (χ4n) is 3.49. The summed E-state index contributed by atoms with van der Waals surface area (Å²) < 4.78 is 10.7. The number of nitrogens with zero attached hydrogens (tertiary/aromatic N) is 2. The van der Waals surface area contributed by atoms with Crippen LogP contribution in [0.25, 0.3) is 11.1 Å². The zero-order valence-electron chi connectivity index (χ0n) is 15.4. The summed E-state index contributed by atoms with van der Waals surface area (Å²) >= 11 is 0. The van der Waals surface area contributed by atoms with Crippen LogP contribution in [-0.4, -0.2) is 23.2 Å². The summed E-state index contributed by atoms with van der Waals surface area (Å²) in [6, 6.07) is 7.54. The number of anilines is 1. The van der Waals surface area contributed by atoms with Crippen molar-refractivity contribution in [3.8, 4) is 5.75 Å². The third kappa shape index (κ3) is 2.95. The molecule has 0 unspecified atom stereocenters. The molecule has 0 aliphatic heterocycles. The lowest BCUT2D eigenvalue weighted by Gasteiger charge is -2.11. The van der Waals surface area contributed by atoms with Gasteiger partial charge in [0.25, 0.3) is 11.6 Å². The zero-order chi connectivity index (χ0) is 18.5. The number of ether oxygens (including phenoxy) is 1. The van der Waals surface area contributed by atoms with Crippen molar-refractivity contribution in [2.45, 2.75) is 44.4 Å². The zero-order valence-corrected chi connectivity index (χ0v) is 15.4. The number of carbonyl (C=O) groups excluding carboxylic acids is 1. The molecule has 3 aromatic rings. The largest absolute Gasteiger partial charge is 0.497 e. The van der Waals surface area contributed by atoms with Crippen LogP contribution in [0.1, 0.15) is 64.8 Å². The highest BCUT2D eigenvalue weighted by Crippen LogP contribution is 2.45. The van der Waals surface area contributed by atoms with Crippen molar-refractivity contribution in [1.82, 2.24) is 10.1 Å². The van der Waals surface area contributed by atoms with E-state index < -0.39 is 0 Å². The Hall–Kier alpha value is -2.89. The minimum atomic E-state index is -0.150. The molecule has 2 aromatic heterocycles. The van der Waals surface area contributed by atoms with Gasteiger partial charge >= 0.3 is 0 Å². The lowest BCUT2D eigenvalue weighted by atomic mass is 10.0. The maximum absolute atomic E-state index is 13.2. The van der Waals surface area contributed by atoms with Crippen molar-refractivity contribution in [3.63, 3.8) is 0 Å². The Morgan fingerprint density at radius 3 is 2.63 bits per heavy atom. The number of aryl methyl sites for hydroxylation is 1. The summed E-state index contributed by atoms with van der Waals surface area (Å²) in [6.45, 7) is 1.95. The van der Waals surface area contributed by atoms with Crippen LogP contribution in [0.5, 0.6) is 5.75 Å². The van der Waals surface area contributed by atoms with Crippen LogP contribution in [0.3, 0.4) is 0 Å². The number of fused-ring (bicyclic) bond motifs is 1. The lowest BCUT2D eigenvalue weighted by Crippen LogP contribution is -2.14. The molecule has 0 bridgehead atoms. The second-order valence-electron chi connectivity index (χ2n) is 7.53. The van der Waals surface area contributed by atoms with E-state index in [-0.39, 0.29) is 5.91 Å². The number of methoxy groups -OCH3 is 1. The molecule has 0 radical (unpaired) electrons. The molecule has 0 spiro atoms. The van der Waals surface area contributed by atoms with Crippen LogP contribution in [0, 0.1) is 6.92 Å². The second kappa shape index (κ2) is 6.08. The number of benzene rings is 1. The number of carbonyl (C=O) groups is 1. The van der Waals surface area contributed by atoms with Crippen molar-refractivity contribution < 1.29 is 14.1 Å². The number of nitrogens with one attached hydrogen (secondary N) is 1. The van der Waals surface area contributed by atoms with Crippen molar-refractivity contribution >= 4 is 22.7 Å². The summed E-state index contributed by atoms with van der Waals surface area (Å²) in [4.78, 5) is 17.8. The summed E-state index contributed by atoms with van der Waals surface area (Å²) in [5, 5.41) is 8.04. The molecule has 5 rings (SSSR count). The number of pyridine rings is 1. The highest BCUT2D eigenvalue weighted by molar-refractivity contribution is 6.12. The van der Waals surface area contributed by atoms with E-state index in [1.54, 1.807) is 7.11 Å². The molecule has 6 heteroatoms. The Morgan fingerprint density at radius 2 is 1.96 bits per heavy atom. The Balaban J connectivity index is 1.56. The van der Waals surface area contributed by atoms with Crippen molar-refractivity contribution in [2.75, 3.05) is 12.4 Å². The number of aromatic nitrogens is 2. The molecule has 0 saturated heterocycles. The SMILES string of the molecule is COc1ccc(NC(=O)c2cc(C3CC3)nc3onc(C4CC4)c23)c(C)c1. The van der Waals surface area contributed by atoms with Gasteiger partial charge in [-0.05, 0) is 62.4 Å². The monoisotopic (exact) mass is 363 g/mol. The molecule has 0 atom stereocenters. The number of hydrogen-bond donors (Lipinski definition) is 1. The van der Waals surface area contributed by atoms with E-state index in [1.807, 2.05) is 31.2 Å². The third-order valence-electron chi connectivity index (χ3n) is 5.38. The van der Waals surface area contributed by atoms with Crippen molar-refractivity contribution in [3.05, 3.63) is 46.8 Å². The van der Waals surface area contributed by atoms with Gasteiger partial charge in [0.05, 0.1) is 23.8 Å². The van der Waals surface area contributed by atoms with E-state index in [0.717, 1.165) is 59.5 Å². The fraction of sp³-hybridized carbons (Fsp3) is 0.381. The molecular weight excluding hydrogens is 342 g/mol. The van der Waals surface area contributed by atoms with Crippen LogP contribution in [-0.2, 0) is 0 Å². The van der Waals surface area contributed by atoms with Gasteiger partial charge in [-0.15, -0.1) is 0 Å².